The fraction of sp³-hybridized carbons (Fsp3) is 0.600. The number of nitrogens with zero attached hydrogens (tertiary/aromatic N) is 1. The molecule has 3 nitrogen and oxygen atoms in total. The molecule has 0 aliphatic rings. The lowest BCUT2D eigenvalue weighted by Crippen LogP contribution is -2.24. The van der Waals surface area contributed by atoms with Gasteiger partial charge in [0.15, 0.2) is 0 Å². The first-order chi connectivity index (χ1) is 9.04. The van der Waals surface area contributed by atoms with Crippen LogP contribution in [0.15, 0.2) is 18.2 Å². The average Bonchev–Trinajstić information content (AvgIpc) is 2.36. The van der Waals surface area contributed by atoms with E-state index in [-0.39, 0.29) is 5.82 Å². The number of benzene rings is 1. The number of rotatable bonds is 8. The van der Waals surface area contributed by atoms with Gasteiger partial charge in [-0.25, -0.2) is 4.39 Å². The van der Waals surface area contributed by atoms with Gasteiger partial charge in [0.25, 0.3) is 0 Å². The van der Waals surface area contributed by atoms with E-state index in [1.54, 1.807) is 6.07 Å². The van der Waals surface area contributed by atoms with Crippen LogP contribution in [0.1, 0.15) is 26.3 Å². The van der Waals surface area contributed by atoms with Crippen molar-refractivity contribution < 1.29 is 9.13 Å². The minimum atomic E-state index is -0.179. The molecule has 0 aromatic heterocycles. The second-order valence-electron chi connectivity index (χ2n) is 4.94. The van der Waals surface area contributed by atoms with Gasteiger partial charge in [-0.1, -0.05) is 19.9 Å². The summed E-state index contributed by atoms with van der Waals surface area (Å²) in [6.07, 6.45) is 0. The summed E-state index contributed by atoms with van der Waals surface area (Å²) in [5.41, 5.74) is 1.58. The Morgan fingerprint density at radius 1 is 1.37 bits per heavy atom. The summed E-state index contributed by atoms with van der Waals surface area (Å²) in [5, 5.41) is 3.28. The Bertz CT molecular complexity index is 382. The van der Waals surface area contributed by atoms with Crippen LogP contribution in [0.5, 0.6) is 0 Å². The van der Waals surface area contributed by atoms with E-state index in [4.69, 9.17) is 4.74 Å². The SMILES string of the molecule is CCOCCN(C)c1ccc(CNC(C)C)cc1F. The molecule has 4 heteroatoms. The van der Waals surface area contributed by atoms with Gasteiger partial charge in [-0.15, -0.1) is 0 Å². The maximum atomic E-state index is 14.0. The number of nitrogens with one attached hydrogen (secondary N) is 1. The third kappa shape index (κ3) is 5.57. The molecule has 0 unspecified atom stereocenters. The van der Waals surface area contributed by atoms with E-state index < -0.39 is 0 Å². The molecule has 0 bridgehead atoms. The number of hydrogen-bond acceptors (Lipinski definition) is 3. The summed E-state index contributed by atoms with van der Waals surface area (Å²) in [6, 6.07) is 5.79. The molecule has 0 saturated carbocycles. The van der Waals surface area contributed by atoms with Gasteiger partial charge in [0.2, 0.25) is 0 Å². The highest BCUT2D eigenvalue weighted by Gasteiger charge is 2.08. The summed E-state index contributed by atoms with van der Waals surface area (Å²) in [4.78, 5) is 1.88. The highest BCUT2D eigenvalue weighted by atomic mass is 19.1. The van der Waals surface area contributed by atoms with E-state index >= 15 is 0 Å². The van der Waals surface area contributed by atoms with Crippen molar-refractivity contribution in [3.63, 3.8) is 0 Å². The van der Waals surface area contributed by atoms with Crippen LogP contribution < -0.4 is 10.2 Å². The normalized spacial score (nSPS) is 11.1. The van der Waals surface area contributed by atoms with Crippen LogP contribution in [-0.2, 0) is 11.3 Å². The molecule has 1 aromatic carbocycles. The first-order valence-corrected chi connectivity index (χ1v) is 6.85. The van der Waals surface area contributed by atoms with Gasteiger partial charge in [-0.2, -0.15) is 0 Å². The zero-order valence-corrected chi connectivity index (χ0v) is 12.4. The quantitative estimate of drug-likeness (QED) is 0.734. The van der Waals surface area contributed by atoms with Crippen molar-refractivity contribution in [3.8, 4) is 0 Å². The Morgan fingerprint density at radius 3 is 2.68 bits per heavy atom. The molecule has 0 fully saturated rings. The van der Waals surface area contributed by atoms with Gasteiger partial charge in [0.05, 0.1) is 12.3 Å². The van der Waals surface area contributed by atoms with Crippen LogP contribution in [0.3, 0.4) is 0 Å². The fourth-order valence-corrected chi connectivity index (χ4v) is 1.76. The number of halogens is 1. The molecule has 0 heterocycles. The van der Waals surface area contributed by atoms with E-state index in [1.807, 2.05) is 31.0 Å². The lowest BCUT2D eigenvalue weighted by Gasteiger charge is -2.20. The first kappa shape index (κ1) is 15.9. The molecule has 0 aliphatic carbocycles. The molecule has 1 rings (SSSR count). The zero-order chi connectivity index (χ0) is 14.3. The van der Waals surface area contributed by atoms with Gasteiger partial charge in [-0.3, -0.25) is 0 Å². The van der Waals surface area contributed by atoms with Crippen LogP contribution >= 0.6 is 0 Å². The molecule has 1 aromatic rings. The van der Waals surface area contributed by atoms with Crippen molar-refractivity contribution >= 4 is 5.69 Å². The second kappa shape index (κ2) is 8.12. The Kier molecular flexibility index (Phi) is 6.81. The summed E-state index contributed by atoms with van der Waals surface area (Å²) < 4.78 is 19.3. The number of anilines is 1. The lowest BCUT2D eigenvalue weighted by molar-refractivity contribution is 0.154. The van der Waals surface area contributed by atoms with Gasteiger partial charge < -0.3 is 15.0 Å². The van der Waals surface area contributed by atoms with E-state index in [0.717, 1.165) is 5.56 Å². The Labute approximate surface area is 115 Å². The highest BCUT2D eigenvalue weighted by molar-refractivity contribution is 5.48. The first-order valence-electron chi connectivity index (χ1n) is 6.85. The number of ether oxygens (including phenoxy) is 1. The third-order valence-corrected chi connectivity index (χ3v) is 2.91. The minimum Gasteiger partial charge on any atom is -0.380 e. The maximum Gasteiger partial charge on any atom is 0.146 e. The van der Waals surface area contributed by atoms with Crippen molar-refractivity contribution in [1.82, 2.24) is 5.32 Å². The van der Waals surface area contributed by atoms with Crippen LogP contribution in [-0.4, -0.2) is 32.8 Å². The summed E-state index contributed by atoms with van der Waals surface area (Å²) in [5.74, 6) is -0.179. The Hall–Kier alpha value is -1.13. The maximum absolute atomic E-state index is 14.0. The standard InChI is InChI=1S/C15H25FN2O/c1-5-19-9-8-18(4)15-7-6-13(10-14(15)16)11-17-12(2)3/h6-7,10,12,17H,5,8-9,11H2,1-4H3. The van der Waals surface area contributed by atoms with Crippen molar-refractivity contribution in [2.75, 3.05) is 31.7 Å². The van der Waals surface area contributed by atoms with Crippen molar-refractivity contribution in [2.45, 2.75) is 33.4 Å². The highest BCUT2D eigenvalue weighted by Crippen LogP contribution is 2.19. The topological polar surface area (TPSA) is 24.5 Å². The smallest absolute Gasteiger partial charge is 0.146 e. The van der Waals surface area contributed by atoms with Crippen LogP contribution in [0.25, 0.3) is 0 Å². The van der Waals surface area contributed by atoms with Crippen LogP contribution in [0.2, 0.25) is 0 Å². The summed E-state index contributed by atoms with van der Waals surface area (Å²) in [6.45, 7) is 8.79. The predicted molar refractivity (Wildman–Crippen MR) is 78.1 cm³/mol. The van der Waals surface area contributed by atoms with Gasteiger partial charge in [0.1, 0.15) is 5.82 Å². The summed E-state index contributed by atoms with van der Waals surface area (Å²) in [7, 11) is 1.88. The fourth-order valence-electron chi connectivity index (χ4n) is 1.76. The largest absolute Gasteiger partial charge is 0.380 e. The molecule has 0 spiro atoms. The molecule has 0 radical (unpaired) electrons. The van der Waals surface area contributed by atoms with Crippen molar-refractivity contribution in [1.29, 1.82) is 0 Å². The van der Waals surface area contributed by atoms with Gasteiger partial charge in [-0.05, 0) is 24.6 Å². The van der Waals surface area contributed by atoms with E-state index in [2.05, 4.69) is 19.2 Å². The Balaban J connectivity index is 2.60. The molecule has 0 saturated heterocycles. The predicted octanol–water partition coefficient (Wildman–Crippen LogP) is 2.80. The average molecular weight is 268 g/mol. The number of likely N-dealkylation sites (N-methyl/N-ethyl adjacent to an activating group) is 1. The molecular weight excluding hydrogens is 243 g/mol. The van der Waals surface area contributed by atoms with E-state index in [1.165, 1.54) is 0 Å². The molecule has 19 heavy (non-hydrogen) atoms. The molecule has 0 atom stereocenters. The van der Waals surface area contributed by atoms with Crippen molar-refractivity contribution in [3.05, 3.63) is 29.6 Å². The van der Waals surface area contributed by atoms with E-state index in [0.29, 0.717) is 38.0 Å². The number of hydrogen-bond donors (Lipinski definition) is 1. The van der Waals surface area contributed by atoms with E-state index in [9.17, 15) is 4.39 Å². The monoisotopic (exact) mass is 268 g/mol. The van der Waals surface area contributed by atoms with Crippen LogP contribution in [0, 0.1) is 5.82 Å². The second-order valence-corrected chi connectivity index (χ2v) is 4.94. The molecule has 108 valence electrons. The third-order valence-electron chi connectivity index (χ3n) is 2.91. The minimum absolute atomic E-state index is 0.179. The van der Waals surface area contributed by atoms with Gasteiger partial charge >= 0.3 is 0 Å². The van der Waals surface area contributed by atoms with Gasteiger partial charge in [0, 0.05) is 32.8 Å². The lowest BCUT2D eigenvalue weighted by atomic mass is 10.1. The molecule has 0 aliphatic heterocycles. The van der Waals surface area contributed by atoms with Crippen molar-refractivity contribution in [2.24, 2.45) is 0 Å². The molecule has 1 N–H and O–H groups in total. The zero-order valence-electron chi connectivity index (χ0n) is 12.4. The summed E-state index contributed by atoms with van der Waals surface area (Å²) >= 11 is 0. The Morgan fingerprint density at radius 2 is 2.11 bits per heavy atom. The van der Waals surface area contributed by atoms with Crippen LogP contribution in [0.4, 0.5) is 10.1 Å². The molecular formula is C15H25FN2O. The molecule has 0 amide bonds.